The third-order valence-corrected chi connectivity index (χ3v) is 5.31. The highest BCUT2D eigenvalue weighted by Gasteiger charge is 2.34. The van der Waals surface area contributed by atoms with Crippen LogP contribution in [0.4, 0.5) is 0 Å². The average Bonchev–Trinajstić information content (AvgIpc) is 2.69. The molecule has 0 bridgehead atoms. The van der Waals surface area contributed by atoms with Gasteiger partial charge in [-0.05, 0) is 42.6 Å². The topological polar surface area (TPSA) is 38.0 Å². The molecule has 1 fully saturated rings. The second-order valence-corrected chi connectivity index (χ2v) is 7.82. The summed E-state index contributed by atoms with van der Waals surface area (Å²) < 4.78 is 0. The maximum absolute atomic E-state index is 6.16. The monoisotopic (exact) mass is 288 g/mol. The Morgan fingerprint density at radius 1 is 1.14 bits per heavy atom. The zero-order valence-corrected chi connectivity index (χ0v) is 14.0. The summed E-state index contributed by atoms with van der Waals surface area (Å²) in [4.78, 5) is 0. The first-order valence-electron chi connectivity index (χ1n) is 8.44. The van der Waals surface area contributed by atoms with Crippen molar-refractivity contribution in [2.45, 2.75) is 65.0 Å². The van der Waals surface area contributed by atoms with Crippen LogP contribution >= 0.6 is 0 Å². The van der Waals surface area contributed by atoms with Crippen molar-refractivity contribution in [3.05, 3.63) is 35.9 Å². The lowest BCUT2D eigenvalue weighted by atomic mass is 9.76. The Balaban J connectivity index is 1.98. The first-order valence-corrected chi connectivity index (χ1v) is 8.44. The van der Waals surface area contributed by atoms with Gasteiger partial charge in [-0.2, -0.15) is 0 Å². The second kappa shape index (κ2) is 6.93. The Morgan fingerprint density at radius 3 is 2.48 bits per heavy atom. The van der Waals surface area contributed by atoms with Gasteiger partial charge in [0.2, 0.25) is 0 Å². The van der Waals surface area contributed by atoms with Crippen LogP contribution in [0.3, 0.4) is 0 Å². The summed E-state index contributed by atoms with van der Waals surface area (Å²) in [6.45, 7) is 8.81. The van der Waals surface area contributed by atoms with Crippen molar-refractivity contribution >= 4 is 0 Å². The Bertz CT molecular complexity index is 421. The molecular weight excluding hydrogens is 256 g/mol. The molecule has 0 saturated heterocycles. The Kier molecular flexibility index (Phi) is 5.45. The molecule has 1 aliphatic rings. The van der Waals surface area contributed by atoms with Gasteiger partial charge < -0.3 is 11.1 Å². The molecule has 0 heterocycles. The molecule has 2 unspecified atom stereocenters. The van der Waals surface area contributed by atoms with E-state index in [2.05, 4.69) is 56.4 Å². The van der Waals surface area contributed by atoms with Gasteiger partial charge in [0, 0.05) is 18.6 Å². The fraction of sp³-hybridized carbons (Fsp3) is 0.684. The van der Waals surface area contributed by atoms with E-state index in [-0.39, 0.29) is 5.54 Å². The summed E-state index contributed by atoms with van der Waals surface area (Å²) in [5.74, 6) is 0.824. The number of hydrogen-bond acceptors (Lipinski definition) is 2. The van der Waals surface area contributed by atoms with Crippen LogP contribution in [0.2, 0.25) is 0 Å². The molecule has 1 aromatic rings. The van der Waals surface area contributed by atoms with Gasteiger partial charge in [-0.25, -0.2) is 0 Å². The largest absolute Gasteiger partial charge is 0.329 e. The summed E-state index contributed by atoms with van der Waals surface area (Å²) in [5, 5.41) is 3.79. The van der Waals surface area contributed by atoms with E-state index in [0.29, 0.717) is 5.41 Å². The third kappa shape index (κ3) is 4.55. The summed E-state index contributed by atoms with van der Waals surface area (Å²) in [5.41, 5.74) is 8.07. The summed E-state index contributed by atoms with van der Waals surface area (Å²) in [6.07, 6.45) is 6.35. The molecule has 0 spiro atoms. The lowest BCUT2D eigenvalue weighted by Crippen LogP contribution is -2.50. The molecule has 2 rings (SSSR count). The Hall–Kier alpha value is -0.860. The van der Waals surface area contributed by atoms with Crippen LogP contribution in [0.5, 0.6) is 0 Å². The van der Waals surface area contributed by atoms with Gasteiger partial charge in [0.15, 0.2) is 0 Å². The van der Waals surface area contributed by atoms with Crippen molar-refractivity contribution in [1.29, 1.82) is 0 Å². The van der Waals surface area contributed by atoms with Crippen LogP contribution in [-0.4, -0.2) is 12.1 Å². The van der Waals surface area contributed by atoms with Crippen molar-refractivity contribution in [2.75, 3.05) is 6.54 Å². The molecule has 0 aliphatic heterocycles. The van der Waals surface area contributed by atoms with Gasteiger partial charge in [-0.15, -0.1) is 0 Å². The number of benzene rings is 1. The van der Waals surface area contributed by atoms with E-state index >= 15 is 0 Å². The molecule has 21 heavy (non-hydrogen) atoms. The van der Waals surface area contributed by atoms with Gasteiger partial charge in [0.25, 0.3) is 0 Å². The van der Waals surface area contributed by atoms with E-state index in [1.54, 1.807) is 0 Å². The smallest absolute Gasteiger partial charge is 0.0307 e. The summed E-state index contributed by atoms with van der Waals surface area (Å²) >= 11 is 0. The highest BCUT2D eigenvalue weighted by atomic mass is 15.0. The lowest BCUT2D eigenvalue weighted by Gasteiger charge is -2.34. The zero-order valence-electron chi connectivity index (χ0n) is 14.0. The summed E-state index contributed by atoms with van der Waals surface area (Å²) in [6, 6.07) is 10.7. The van der Waals surface area contributed by atoms with Crippen molar-refractivity contribution < 1.29 is 0 Å². The fourth-order valence-electron chi connectivity index (χ4n) is 3.61. The van der Waals surface area contributed by atoms with Crippen molar-refractivity contribution in [3.63, 3.8) is 0 Å². The van der Waals surface area contributed by atoms with Crippen LogP contribution in [0.1, 0.15) is 58.4 Å². The normalized spacial score (nSPS) is 27.3. The molecule has 2 nitrogen and oxygen atoms in total. The van der Waals surface area contributed by atoms with E-state index in [9.17, 15) is 0 Å². The number of nitrogens with one attached hydrogen (secondary N) is 1. The van der Waals surface area contributed by atoms with E-state index in [0.717, 1.165) is 19.0 Å². The van der Waals surface area contributed by atoms with Gasteiger partial charge >= 0.3 is 0 Å². The predicted molar refractivity (Wildman–Crippen MR) is 91.1 cm³/mol. The van der Waals surface area contributed by atoms with Crippen molar-refractivity contribution in [1.82, 2.24) is 5.32 Å². The Labute approximate surface area is 130 Å². The molecule has 0 amide bonds. The van der Waals surface area contributed by atoms with Crippen molar-refractivity contribution in [2.24, 2.45) is 17.1 Å². The minimum atomic E-state index is 0.135. The van der Waals surface area contributed by atoms with E-state index in [1.165, 1.54) is 37.7 Å². The molecule has 0 radical (unpaired) electrons. The predicted octanol–water partition coefficient (Wildman–Crippen LogP) is 4.10. The van der Waals surface area contributed by atoms with Crippen LogP contribution in [0.25, 0.3) is 0 Å². The highest BCUT2D eigenvalue weighted by Crippen LogP contribution is 2.39. The van der Waals surface area contributed by atoms with Gasteiger partial charge in [0.05, 0.1) is 0 Å². The summed E-state index contributed by atoms with van der Waals surface area (Å²) in [7, 11) is 0. The Morgan fingerprint density at radius 2 is 1.86 bits per heavy atom. The van der Waals surface area contributed by atoms with Gasteiger partial charge in [0.1, 0.15) is 0 Å². The standard InChI is InChI=1S/C19H32N2/c1-18(2,3)17-10-7-12-19(15-20,13-11-17)21-14-16-8-5-4-6-9-16/h4-6,8-9,17,21H,7,10-15,20H2,1-3H3. The average molecular weight is 288 g/mol. The lowest BCUT2D eigenvalue weighted by molar-refractivity contribution is 0.206. The van der Waals surface area contributed by atoms with E-state index in [1.807, 2.05) is 0 Å². The molecule has 3 N–H and O–H groups in total. The zero-order chi connectivity index (χ0) is 15.3. The first-order chi connectivity index (χ1) is 9.95. The number of nitrogens with two attached hydrogens (primary N) is 1. The number of hydrogen-bond donors (Lipinski definition) is 2. The second-order valence-electron chi connectivity index (χ2n) is 7.82. The third-order valence-electron chi connectivity index (χ3n) is 5.31. The van der Waals surface area contributed by atoms with E-state index in [4.69, 9.17) is 5.73 Å². The molecule has 0 aromatic heterocycles. The maximum atomic E-state index is 6.16. The quantitative estimate of drug-likeness (QED) is 0.819. The molecule has 1 saturated carbocycles. The molecule has 1 aromatic carbocycles. The minimum Gasteiger partial charge on any atom is -0.329 e. The van der Waals surface area contributed by atoms with E-state index < -0.39 is 0 Å². The van der Waals surface area contributed by atoms with Crippen LogP contribution < -0.4 is 11.1 Å². The van der Waals surface area contributed by atoms with Gasteiger partial charge in [-0.1, -0.05) is 57.5 Å². The minimum absolute atomic E-state index is 0.135. The highest BCUT2D eigenvalue weighted by molar-refractivity contribution is 5.15. The molecule has 2 atom stereocenters. The van der Waals surface area contributed by atoms with Crippen LogP contribution in [-0.2, 0) is 6.54 Å². The molecule has 2 heteroatoms. The SMILES string of the molecule is CC(C)(C)C1CCCC(CN)(NCc2ccccc2)CC1. The van der Waals surface area contributed by atoms with Crippen LogP contribution in [0, 0.1) is 11.3 Å². The first kappa shape index (κ1) is 16.5. The van der Waals surface area contributed by atoms with Crippen LogP contribution in [0.15, 0.2) is 30.3 Å². The van der Waals surface area contributed by atoms with Gasteiger partial charge in [-0.3, -0.25) is 0 Å². The number of rotatable bonds is 4. The maximum Gasteiger partial charge on any atom is 0.0307 e. The molecular formula is C19H32N2. The molecule has 1 aliphatic carbocycles. The fourth-order valence-corrected chi connectivity index (χ4v) is 3.61. The van der Waals surface area contributed by atoms with Crippen molar-refractivity contribution in [3.8, 4) is 0 Å². The molecule has 118 valence electrons.